The van der Waals surface area contributed by atoms with Crippen molar-refractivity contribution in [2.24, 2.45) is 0 Å². The van der Waals surface area contributed by atoms with Crippen molar-refractivity contribution in [1.82, 2.24) is 4.98 Å². The first-order valence-corrected chi connectivity index (χ1v) is 4.17. The van der Waals surface area contributed by atoms with Gasteiger partial charge in [-0.2, -0.15) is 0 Å². The standard InChI is InChI=1S/C10H9NO3/c12-9(10(13)14)7-3-1-2-6-4-5-11-8(6)7/h1-5,9,11-12H,(H,13,14). The van der Waals surface area contributed by atoms with Crippen LogP contribution in [0.4, 0.5) is 0 Å². The lowest BCUT2D eigenvalue weighted by Gasteiger charge is -2.06. The first kappa shape index (κ1) is 8.77. The van der Waals surface area contributed by atoms with Gasteiger partial charge in [-0.1, -0.05) is 18.2 Å². The first-order chi connectivity index (χ1) is 6.70. The van der Waals surface area contributed by atoms with Crippen LogP contribution in [-0.4, -0.2) is 21.2 Å². The van der Waals surface area contributed by atoms with E-state index in [2.05, 4.69) is 4.98 Å². The lowest BCUT2D eigenvalue weighted by molar-refractivity contribution is -0.146. The topological polar surface area (TPSA) is 73.3 Å². The van der Waals surface area contributed by atoms with Crippen LogP contribution in [0.3, 0.4) is 0 Å². The number of carboxylic acid groups (broad SMARTS) is 1. The number of nitrogens with one attached hydrogen (secondary N) is 1. The van der Waals surface area contributed by atoms with Crippen LogP contribution in [-0.2, 0) is 4.79 Å². The van der Waals surface area contributed by atoms with Crippen molar-refractivity contribution in [1.29, 1.82) is 0 Å². The second kappa shape index (κ2) is 3.16. The number of H-pyrrole nitrogens is 1. The molecule has 0 bridgehead atoms. The van der Waals surface area contributed by atoms with Gasteiger partial charge in [-0.3, -0.25) is 0 Å². The molecule has 1 aromatic carbocycles. The van der Waals surface area contributed by atoms with Gasteiger partial charge >= 0.3 is 5.97 Å². The average Bonchev–Trinajstić information content (AvgIpc) is 2.63. The minimum absolute atomic E-state index is 0.389. The summed E-state index contributed by atoms with van der Waals surface area (Å²) in [6, 6.07) is 6.99. The summed E-state index contributed by atoms with van der Waals surface area (Å²) in [7, 11) is 0. The fourth-order valence-corrected chi connectivity index (χ4v) is 1.47. The van der Waals surface area contributed by atoms with Gasteiger partial charge in [0, 0.05) is 11.8 Å². The average molecular weight is 191 g/mol. The normalized spacial score (nSPS) is 12.9. The summed E-state index contributed by atoms with van der Waals surface area (Å²) in [5.74, 6) is -1.24. The predicted molar refractivity (Wildman–Crippen MR) is 50.9 cm³/mol. The Balaban J connectivity index is 2.61. The quantitative estimate of drug-likeness (QED) is 0.669. The molecule has 1 heterocycles. The number of aliphatic hydroxyl groups excluding tert-OH is 1. The summed E-state index contributed by atoms with van der Waals surface area (Å²) in [5, 5.41) is 19.0. The molecule has 0 aliphatic heterocycles. The molecule has 14 heavy (non-hydrogen) atoms. The van der Waals surface area contributed by atoms with Crippen molar-refractivity contribution in [2.75, 3.05) is 0 Å². The lowest BCUT2D eigenvalue weighted by atomic mass is 10.1. The molecule has 0 amide bonds. The Morgan fingerprint density at radius 3 is 2.86 bits per heavy atom. The zero-order chi connectivity index (χ0) is 10.1. The zero-order valence-corrected chi connectivity index (χ0v) is 7.27. The van der Waals surface area contributed by atoms with E-state index in [9.17, 15) is 9.90 Å². The van der Waals surface area contributed by atoms with Gasteiger partial charge in [-0.05, 0) is 11.5 Å². The Kier molecular flexibility index (Phi) is 1.98. The third kappa shape index (κ3) is 1.25. The largest absolute Gasteiger partial charge is 0.479 e. The number of fused-ring (bicyclic) bond motifs is 1. The van der Waals surface area contributed by atoms with Crippen molar-refractivity contribution in [3.05, 3.63) is 36.0 Å². The Hall–Kier alpha value is -1.81. The van der Waals surface area contributed by atoms with Crippen molar-refractivity contribution < 1.29 is 15.0 Å². The highest BCUT2D eigenvalue weighted by molar-refractivity contribution is 5.87. The maximum atomic E-state index is 10.6. The SMILES string of the molecule is O=C(O)C(O)c1cccc2cc[nH]c12. The minimum atomic E-state index is -1.47. The van der Waals surface area contributed by atoms with E-state index >= 15 is 0 Å². The molecular formula is C10H9NO3. The minimum Gasteiger partial charge on any atom is -0.479 e. The zero-order valence-electron chi connectivity index (χ0n) is 7.27. The van der Waals surface area contributed by atoms with Crippen molar-refractivity contribution in [3.8, 4) is 0 Å². The fraction of sp³-hybridized carbons (Fsp3) is 0.100. The molecule has 0 aliphatic carbocycles. The number of para-hydroxylation sites is 1. The number of rotatable bonds is 2. The van der Waals surface area contributed by atoms with Crippen LogP contribution in [0.2, 0.25) is 0 Å². The summed E-state index contributed by atoms with van der Waals surface area (Å²) >= 11 is 0. The van der Waals surface area contributed by atoms with Gasteiger partial charge in [0.1, 0.15) is 0 Å². The van der Waals surface area contributed by atoms with Gasteiger partial charge in [-0.25, -0.2) is 4.79 Å². The van der Waals surface area contributed by atoms with Crippen LogP contribution in [0.15, 0.2) is 30.5 Å². The van der Waals surface area contributed by atoms with Crippen LogP contribution in [0.5, 0.6) is 0 Å². The van der Waals surface area contributed by atoms with Gasteiger partial charge in [0.15, 0.2) is 6.10 Å². The molecule has 1 atom stereocenters. The molecule has 1 unspecified atom stereocenters. The third-order valence-corrected chi connectivity index (χ3v) is 2.15. The monoisotopic (exact) mass is 191 g/mol. The highest BCUT2D eigenvalue weighted by Crippen LogP contribution is 2.22. The van der Waals surface area contributed by atoms with E-state index in [4.69, 9.17) is 5.11 Å². The summed E-state index contributed by atoms with van der Waals surface area (Å²) in [5.41, 5.74) is 1.06. The van der Waals surface area contributed by atoms with Gasteiger partial charge in [0.05, 0.1) is 5.52 Å². The summed E-state index contributed by atoms with van der Waals surface area (Å²) in [4.78, 5) is 13.5. The maximum absolute atomic E-state index is 10.6. The number of benzene rings is 1. The van der Waals surface area contributed by atoms with Crippen LogP contribution < -0.4 is 0 Å². The smallest absolute Gasteiger partial charge is 0.337 e. The number of aliphatic carboxylic acids is 1. The molecule has 0 spiro atoms. The summed E-state index contributed by atoms with van der Waals surface area (Å²) in [6.07, 6.45) is 0.236. The summed E-state index contributed by atoms with van der Waals surface area (Å²) in [6.45, 7) is 0. The first-order valence-electron chi connectivity index (χ1n) is 4.17. The van der Waals surface area contributed by atoms with Crippen LogP contribution in [0.1, 0.15) is 11.7 Å². The third-order valence-electron chi connectivity index (χ3n) is 2.15. The van der Waals surface area contributed by atoms with E-state index in [1.807, 2.05) is 12.1 Å². The molecule has 3 N–H and O–H groups in total. The number of hydrogen-bond acceptors (Lipinski definition) is 2. The number of aromatic amines is 1. The van der Waals surface area contributed by atoms with E-state index in [0.29, 0.717) is 11.1 Å². The number of carbonyl (C=O) groups is 1. The number of aliphatic hydroxyl groups is 1. The molecule has 0 fully saturated rings. The molecule has 2 aromatic rings. The molecule has 0 radical (unpaired) electrons. The van der Waals surface area contributed by atoms with Crippen molar-refractivity contribution in [3.63, 3.8) is 0 Å². The van der Waals surface area contributed by atoms with Gasteiger partial charge in [0.2, 0.25) is 0 Å². The maximum Gasteiger partial charge on any atom is 0.337 e. The van der Waals surface area contributed by atoms with Crippen LogP contribution in [0.25, 0.3) is 10.9 Å². The van der Waals surface area contributed by atoms with Gasteiger partial charge < -0.3 is 15.2 Å². The van der Waals surface area contributed by atoms with Crippen molar-refractivity contribution in [2.45, 2.75) is 6.10 Å². The lowest BCUT2D eigenvalue weighted by Crippen LogP contribution is -2.10. The van der Waals surface area contributed by atoms with E-state index in [-0.39, 0.29) is 0 Å². The molecule has 0 saturated heterocycles. The Morgan fingerprint density at radius 2 is 2.14 bits per heavy atom. The van der Waals surface area contributed by atoms with Crippen LogP contribution in [0, 0.1) is 0 Å². The number of aromatic nitrogens is 1. The Labute approximate surface area is 79.8 Å². The Morgan fingerprint density at radius 1 is 1.36 bits per heavy atom. The molecule has 1 aromatic heterocycles. The second-order valence-corrected chi connectivity index (χ2v) is 3.03. The molecule has 0 aliphatic rings. The van der Waals surface area contributed by atoms with E-state index in [1.165, 1.54) is 0 Å². The molecule has 4 nitrogen and oxygen atoms in total. The van der Waals surface area contributed by atoms with Crippen molar-refractivity contribution >= 4 is 16.9 Å². The van der Waals surface area contributed by atoms with Crippen LogP contribution >= 0.6 is 0 Å². The molecule has 0 saturated carbocycles. The van der Waals surface area contributed by atoms with E-state index < -0.39 is 12.1 Å². The summed E-state index contributed by atoms with van der Waals surface area (Å²) < 4.78 is 0. The van der Waals surface area contributed by atoms with E-state index in [1.54, 1.807) is 18.3 Å². The highest BCUT2D eigenvalue weighted by atomic mass is 16.4. The molecule has 2 rings (SSSR count). The number of hydrogen-bond donors (Lipinski definition) is 3. The Bertz CT molecular complexity index is 475. The van der Waals surface area contributed by atoms with Gasteiger partial charge in [0.25, 0.3) is 0 Å². The van der Waals surface area contributed by atoms with Gasteiger partial charge in [-0.15, -0.1) is 0 Å². The van der Waals surface area contributed by atoms with E-state index in [0.717, 1.165) is 5.39 Å². The molecule has 72 valence electrons. The predicted octanol–water partition coefficient (Wildman–Crippen LogP) is 1.29. The highest BCUT2D eigenvalue weighted by Gasteiger charge is 2.18. The second-order valence-electron chi connectivity index (χ2n) is 3.03. The fourth-order valence-electron chi connectivity index (χ4n) is 1.47. The molecular weight excluding hydrogens is 182 g/mol. The molecule has 4 heteroatoms. The number of carboxylic acids is 1.